The van der Waals surface area contributed by atoms with Crippen molar-refractivity contribution in [2.24, 2.45) is 0 Å². The highest BCUT2D eigenvalue weighted by Crippen LogP contribution is 2.23. The Kier molecular flexibility index (Phi) is 3.17. The molecule has 1 N–H and O–H groups in total. The first-order valence-electron chi connectivity index (χ1n) is 5.75. The minimum absolute atomic E-state index is 0.210. The summed E-state index contributed by atoms with van der Waals surface area (Å²) in [6, 6.07) is 3.71. The number of carbonyl (C=O) groups excluding carboxylic acids is 2. The average molecular weight is 233 g/mol. The van der Waals surface area contributed by atoms with Gasteiger partial charge < -0.3 is 0 Å². The maximum Gasteiger partial charge on any atom is 0.235 e. The molecule has 2 amide bonds. The van der Waals surface area contributed by atoms with Gasteiger partial charge in [0.2, 0.25) is 11.8 Å². The maximum atomic E-state index is 11.6. The van der Waals surface area contributed by atoms with E-state index in [0.29, 0.717) is 24.5 Å². The Labute approximate surface area is 99.6 Å². The largest absolute Gasteiger partial charge is 0.296 e. The van der Waals surface area contributed by atoms with Gasteiger partial charge in [0.1, 0.15) is 0 Å². The zero-order chi connectivity index (χ0) is 12.4. The summed E-state index contributed by atoms with van der Waals surface area (Å²) in [7, 11) is 0. The molecule has 1 fully saturated rings. The fourth-order valence-corrected chi connectivity index (χ4v) is 1.82. The molecule has 0 bridgehead atoms. The predicted molar refractivity (Wildman–Crippen MR) is 61.2 cm³/mol. The van der Waals surface area contributed by atoms with Crippen molar-refractivity contribution in [3.63, 3.8) is 0 Å². The third kappa shape index (κ3) is 2.49. The molecule has 1 unspecified atom stereocenters. The number of rotatable bonds is 2. The highest BCUT2D eigenvalue weighted by atomic mass is 16.2. The van der Waals surface area contributed by atoms with Crippen molar-refractivity contribution < 1.29 is 9.59 Å². The molecule has 5 heteroatoms. The Morgan fingerprint density at radius 3 is 2.59 bits per heavy atom. The molecule has 0 aliphatic carbocycles. The molecule has 0 radical (unpaired) electrons. The van der Waals surface area contributed by atoms with Crippen LogP contribution in [0.5, 0.6) is 0 Å². The van der Waals surface area contributed by atoms with Gasteiger partial charge in [-0.25, -0.2) is 0 Å². The number of nitrogens with zero attached hydrogens (tertiary/aromatic N) is 2. The van der Waals surface area contributed by atoms with Crippen molar-refractivity contribution in [2.45, 2.75) is 38.5 Å². The monoisotopic (exact) mass is 233 g/mol. The number of hydrogen-bond donors (Lipinski definition) is 1. The molecule has 2 rings (SSSR count). The van der Waals surface area contributed by atoms with E-state index in [-0.39, 0.29) is 17.7 Å². The first-order chi connectivity index (χ1) is 8.08. The van der Waals surface area contributed by atoms with E-state index in [1.54, 1.807) is 0 Å². The zero-order valence-corrected chi connectivity index (χ0v) is 9.93. The fraction of sp³-hybridized carbons (Fsp3) is 0.500. The summed E-state index contributed by atoms with van der Waals surface area (Å²) in [6.45, 7) is 4.07. The minimum Gasteiger partial charge on any atom is -0.296 e. The predicted octanol–water partition coefficient (Wildman–Crippen LogP) is 1.12. The molecule has 17 heavy (non-hydrogen) atoms. The molecule has 1 aromatic rings. The lowest BCUT2D eigenvalue weighted by Crippen LogP contribution is -2.39. The third-order valence-corrected chi connectivity index (χ3v) is 2.89. The second-order valence-corrected chi connectivity index (χ2v) is 4.54. The summed E-state index contributed by atoms with van der Waals surface area (Å²) in [5, 5.41) is 10.5. The van der Waals surface area contributed by atoms with Gasteiger partial charge in [0, 0.05) is 6.42 Å². The highest BCUT2D eigenvalue weighted by molar-refractivity contribution is 6.00. The molecule has 90 valence electrons. The van der Waals surface area contributed by atoms with E-state index in [1.165, 1.54) is 0 Å². The van der Waals surface area contributed by atoms with Crippen molar-refractivity contribution in [3.8, 4) is 0 Å². The summed E-state index contributed by atoms with van der Waals surface area (Å²) in [5.41, 5.74) is 1.54. The van der Waals surface area contributed by atoms with E-state index in [2.05, 4.69) is 15.5 Å². The zero-order valence-electron chi connectivity index (χ0n) is 9.93. The van der Waals surface area contributed by atoms with E-state index in [9.17, 15) is 9.59 Å². The van der Waals surface area contributed by atoms with Crippen molar-refractivity contribution in [1.82, 2.24) is 15.5 Å². The third-order valence-electron chi connectivity index (χ3n) is 2.89. The van der Waals surface area contributed by atoms with Crippen LogP contribution in [0.25, 0.3) is 0 Å². The van der Waals surface area contributed by atoms with Crippen LogP contribution in [0.2, 0.25) is 0 Å². The van der Waals surface area contributed by atoms with Crippen molar-refractivity contribution in [1.29, 1.82) is 0 Å². The molecule has 5 nitrogen and oxygen atoms in total. The maximum absolute atomic E-state index is 11.6. The van der Waals surface area contributed by atoms with Crippen LogP contribution < -0.4 is 5.32 Å². The molecule has 1 aliphatic rings. The van der Waals surface area contributed by atoms with Gasteiger partial charge in [0.15, 0.2) is 0 Å². The number of piperidine rings is 1. The Morgan fingerprint density at radius 2 is 2.06 bits per heavy atom. The number of hydrogen-bond acceptors (Lipinski definition) is 4. The van der Waals surface area contributed by atoms with Crippen LogP contribution in [-0.4, -0.2) is 22.0 Å². The Morgan fingerprint density at radius 1 is 1.29 bits per heavy atom. The van der Waals surface area contributed by atoms with Crippen LogP contribution >= 0.6 is 0 Å². The second kappa shape index (κ2) is 4.61. The van der Waals surface area contributed by atoms with E-state index in [0.717, 1.165) is 5.69 Å². The van der Waals surface area contributed by atoms with E-state index >= 15 is 0 Å². The first-order valence-corrected chi connectivity index (χ1v) is 5.75. The van der Waals surface area contributed by atoms with Crippen LogP contribution in [0.3, 0.4) is 0 Å². The van der Waals surface area contributed by atoms with E-state index in [4.69, 9.17) is 0 Å². The molecule has 0 aromatic carbocycles. The Balaban J connectivity index is 2.17. The molecule has 2 heterocycles. The minimum atomic E-state index is -0.346. The summed E-state index contributed by atoms with van der Waals surface area (Å²) in [5.74, 6) is -0.509. The Hall–Kier alpha value is -1.78. The average Bonchev–Trinajstić information content (AvgIpc) is 2.29. The number of imide groups is 1. The van der Waals surface area contributed by atoms with Crippen LogP contribution in [0.15, 0.2) is 12.1 Å². The topological polar surface area (TPSA) is 72.0 Å². The SMILES string of the molecule is CC(C)c1ccc(C2CCC(=O)NC2=O)nn1. The molecular formula is C12H15N3O2. The number of nitrogens with one attached hydrogen (secondary N) is 1. The summed E-state index contributed by atoms with van der Waals surface area (Å²) >= 11 is 0. The summed E-state index contributed by atoms with van der Waals surface area (Å²) < 4.78 is 0. The molecule has 1 saturated heterocycles. The van der Waals surface area contributed by atoms with Gasteiger partial charge in [-0.1, -0.05) is 13.8 Å². The van der Waals surface area contributed by atoms with Gasteiger partial charge in [0.05, 0.1) is 17.3 Å². The van der Waals surface area contributed by atoms with Gasteiger partial charge in [-0.05, 0) is 24.5 Å². The lowest BCUT2D eigenvalue weighted by Gasteiger charge is -2.19. The molecule has 0 saturated carbocycles. The quantitative estimate of drug-likeness (QED) is 0.777. The summed E-state index contributed by atoms with van der Waals surface area (Å²) in [6.07, 6.45) is 0.879. The lowest BCUT2D eigenvalue weighted by atomic mass is 9.94. The second-order valence-electron chi connectivity index (χ2n) is 4.54. The van der Waals surface area contributed by atoms with Crippen molar-refractivity contribution >= 4 is 11.8 Å². The van der Waals surface area contributed by atoms with Crippen LogP contribution in [0, 0.1) is 0 Å². The first kappa shape index (κ1) is 11.7. The van der Waals surface area contributed by atoms with Gasteiger partial charge in [-0.2, -0.15) is 10.2 Å². The van der Waals surface area contributed by atoms with Crippen LogP contribution in [0.4, 0.5) is 0 Å². The van der Waals surface area contributed by atoms with Crippen molar-refractivity contribution in [2.75, 3.05) is 0 Å². The van der Waals surface area contributed by atoms with Crippen LogP contribution in [-0.2, 0) is 9.59 Å². The molecule has 0 spiro atoms. The van der Waals surface area contributed by atoms with Crippen LogP contribution in [0.1, 0.15) is 49.9 Å². The number of amides is 2. The van der Waals surface area contributed by atoms with Gasteiger partial charge in [0.25, 0.3) is 0 Å². The van der Waals surface area contributed by atoms with Gasteiger partial charge in [-0.3, -0.25) is 14.9 Å². The highest BCUT2D eigenvalue weighted by Gasteiger charge is 2.29. The van der Waals surface area contributed by atoms with E-state index < -0.39 is 0 Å². The molecule has 1 atom stereocenters. The normalized spacial score (nSPS) is 20.5. The Bertz CT molecular complexity index is 440. The number of carbonyl (C=O) groups is 2. The van der Waals surface area contributed by atoms with Gasteiger partial charge in [-0.15, -0.1) is 0 Å². The number of aromatic nitrogens is 2. The lowest BCUT2D eigenvalue weighted by molar-refractivity contribution is -0.134. The van der Waals surface area contributed by atoms with Gasteiger partial charge >= 0.3 is 0 Å². The van der Waals surface area contributed by atoms with E-state index in [1.807, 2.05) is 26.0 Å². The smallest absolute Gasteiger partial charge is 0.235 e. The standard InChI is InChI=1S/C12H15N3O2/c1-7(2)9-4-5-10(15-14-9)8-3-6-11(16)13-12(8)17/h4-5,7-8H,3,6H2,1-2H3,(H,13,16,17). The molecular weight excluding hydrogens is 218 g/mol. The molecule has 1 aliphatic heterocycles. The van der Waals surface area contributed by atoms with Crippen molar-refractivity contribution in [3.05, 3.63) is 23.5 Å². The molecule has 1 aromatic heterocycles. The summed E-state index contributed by atoms with van der Waals surface area (Å²) in [4.78, 5) is 22.7. The fourth-order valence-electron chi connectivity index (χ4n) is 1.82.